The number of carboxylic acid groups (broad SMARTS) is 2. The summed E-state index contributed by atoms with van der Waals surface area (Å²) in [6.45, 7) is 8.13. The summed E-state index contributed by atoms with van der Waals surface area (Å²) in [5.74, 6) is -2.43. The number of carbonyl (C=O) groups is 2. The van der Waals surface area contributed by atoms with E-state index < -0.39 is 29.7 Å². The van der Waals surface area contributed by atoms with Crippen LogP contribution in [0.2, 0.25) is 0 Å². The molecule has 1 saturated heterocycles. The van der Waals surface area contributed by atoms with Gasteiger partial charge in [-0.05, 0) is 74.8 Å². The van der Waals surface area contributed by atoms with Gasteiger partial charge >= 0.3 is 11.9 Å². The van der Waals surface area contributed by atoms with Gasteiger partial charge in [-0.3, -0.25) is 4.90 Å². The minimum absolute atomic E-state index is 0.156. The van der Waals surface area contributed by atoms with E-state index in [-0.39, 0.29) is 11.5 Å². The summed E-state index contributed by atoms with van der Waals surface area (Å²) in [5, 5.41) is 54.2. The Morgan fingerprint density at radius 1 is 1.21 bits per heavy atom. The van der Waals surface area contributed by atoms with Gasteiger partial charge in [0.2, 0.25) is 0 Å². The van der Waals surface area contributed by atoms with Gasteiger partial charge < -0.3 is 30.6 Å². The molecule has 1 aliphatic heterocycles. The Hall–Kier alpha value is -2.46. The molecule has 6 N–H and O–H groups in total. The molecule has 188 valence electrons. The first-order valence-corrected chi connectivity index (χ1v) is 11.7. The van der Waals surface area contributed by atoms with Gasteiger partial charge in [0.25, 0.3) is 0 Å². The molecule has 0 aromatic heterocycles. The maximum Gasteiger partial charge on any atom is 0.335 e. The van der Waals surface area contributed by atoms with E-state index in [9.17, 15) is 19.8 Å². The van der Waals surface area contributed by atoms with Crippen molar-refractivity contribution in [3.05, 3.63) is 42.0 Å². The zero-order chi connectivity index (χ0) is 25.3. The fourth-order valence-electron chi connectivity index (χ4n) is 5.71. The largest absolute Gasteiger partial charge is 0.508 e. The number of hydrogen-bond acceptors (Lipinski definition) is 7. The molecule has 34 heavy (non-hydrogen) atoms. The summed E-state index contributed by atoms with van der Waals surface area (Å²) < 4.78 is 0. The Morgan fingerprint density at radius 3 is 2.32 bits per heavy atom. The molecule has 1 heterocycles. The van der Waals surface area contributed by atoms with Gasteiger partial charge in [0, 0.05) is 18.0 Å². The third kappa shape index (κ3) is 4.70. The lowest BCUT2D eigenvalue weighted by Crippen LogP contribution is -2.70. The first kappa shape index (κ1) is 26.2. The van der Waals surface area contributed by atoms with Crippen molar-refractivity contribution in [2.75, 3.05) is 13.1 Å². The quantitative estimate of drug-likeness (QED) is 0.318. The van der Waals surface area contributed by atoms with Gasteiger partial charge in [-0.1, -0.05) is 18.6 Å². The monoisotopic (exact) mass is 477 g/mol. The Morgan fingerprint density at radius 2 is 1.82 bits per heavy atom. The van der Waals surface area contributed by atoms with Crippen LogP contribution in [-0.2, 0) is 21.4 Å². The molecule has 1 aromatic rings. The number of aliphatic hydroxyl groups excluding tert-OH is 2. The summed E-state index contributed by atoms with van der Waals surface area (Å²) in [5.41, 5.74) is 1.28. The molecule has 1 saturated carbocycles. The smallest absolute Gasteiger partial charge is 0.335 e. The fourth-order valence-corrected chi connectivity index (χ4v) is 5.71. The summed E-state index contributed by atoms with van der Waals surface area (Å²) >= 11 is 0. The van der Waals surface area contributed by atoms with Crippen molar-refractivity contribution >= 4 is 11.9 Å². The average Bonchev–Trinajstić information content (AvgIpc) is 2.73. The lowest BCUT2D eigenvalue weighted by molar-refractivity contribution is -0.165. The van der Waals surface area contributed by atoms with Crippen molar-refractivity contribution < 1.29 is 40.2 Å². The molecule has 5 atom stereocenters. The van der Waals surface area contributed by atoms with Crippen molar-refractivity contribution in [1.82, 2.24) is 4.90 Å². The molecule has 9 heteroatoms. The summed E-state index contributed by atoms with van der Waals surface area (Å²) in [7, 11) is 0. The van der Waals surface area contributed by atoms with Gasteiger partial charge in [0.05, 0.1) is 5.60 Å². The zero-order valence-electron chi connectivity index (χ0n) is 19.4. The molecule has 2 fully saturated rings. The molecule has 4 rings (SSSR count). The SMILES string of the molecule is C=CC[C@]12CCN(CC3CCC3)[C@H](Cc3ccc(O)cc31)[C@@]2(C)O.O=C(O)C(O)C(O)C(=O)O. The van der Waals surface area contributed by atoms with Crippen LogP contribution < -0.4 is 0 Å². The lowest BCUT2D eigenvalue weighted by atomic mass is 9.53. The minimum atomic E-state index is -2.27. The molecule has 1 aromatic carbocycles. The van der Waals surface area contributed by atoms with E-state index in [1.165, 1.54) is 24.8 Å². The number of likely N-dealkylation sites (tertiary alicyclic amines) is 1. The van der Waals surface area contributed by atoms with Gasteiger partial charge in [0.1, 0.15) is 5.75 Å². The number of aromatic hydroxyl groups is 1. The predicted octanol–water partition coefficient (Wildman–Crippen LogP) is 1.26. The standard InChI is InChI=1S/C21H29NO2.C4H6O6/c1-3-9-21-10-11-22(14-15-5-4-6-15)19(20(21,2)24)12-16-7-8-17(23)13-18(16)21;5-1(3(7)8)2(6)4(9)10/h3,7-8,13,15,19,23-24H,1,4-6,9-12,14H2,2H3;1-2,5-6H,(H,7,8)(H,9,10)/t19-,20-,21+;/m1./s1. The highest BCUT2D eigenvalue weighted by molar-refractivity contribution is 5.83. The highest BCUT2D eigenvalue weighted by atomic mass is 16.4. The topological polar surface area (TPSA) is 159 Å². The van der Waals surface area contributed by atoms with Crippen LogP contribution in [0, 0.1) is 5.92 Å². The number of allylic oxidation sites excluding steroid dienone is 1. The average molecular weight is 478 g/mol. The van der Waals surface area contributed by atoms with Crippen LogP contribution >= 0.6 is 0 Å². The fraction of sp³-hybridized carbons (Fsp3) is 0.600. The Bertz CT molecular complexity index is 909. The third-order valence-corrected chi connectivity index (χ3v) is 7.92. The zero-order valence-corrected chi connectivity index (χ0v) is 19.4. The molecule has 0 radical (unpaired) electrons. The van der Waals surface area contributed by atoms with E-state index in [1.54, 1.807) is 6.07 Å². The van der Waals surface area contributed by atoms with Crippen LogP contribution in [0.25, 0.3) is 0 Å². The molecule has 3 aliphatic rings. The van der Waals surface area contributed by atoms with E-state index in [1.807, 2.05) is 19.1 Å². The Kier molecular flexibility index (Phi) is 7.72. The van der Waals surface area contributed by atoms with Crippen molar-refractivity contribution in [1.29, 1.82) is 0 Å². The maximum absolute atomic E-state index is 11.7. The highest BCUT2D eigenvalue weighted by Gasteiger charge is 2.59. The second-order valence-electron chi connectivity index (χ2n) is 9.89. The third-order valence-electron chi connectivity index (χ3n) is 7.92. The summed E-state index contributed by atoms with van der Waals surface area (Å²) in [6.07, 6.45) is 4.00. The molecule has 2 unspecified atom stereocenters. The van der Waals surface area contributed by atoms with Crippen molar-refractivity contribution in [2.45, 2.75) is 74.7 Å². The highest BCUT2D eigenvalue weighted by Crippen LogP contribution is 2.54. The van der Waals surface area contributed by atoms with E-state index in [2.05, 4.69) is 17.5 Å². The van der Waals surface area contributed by atoms with Crippen LogP contribution in [0.5, 0.6) is 5.75 Å². The van der Waals surface area contributed by atoms with Crippen LogP contribution in [0.3, 0.4) is 0 Å². The van der Waals surface area contributed by atoms with Crippen molar-refractivity contribution in [3.63, 3.8) is 0 Å². The first-order valence-electron chi connectivity index (χ1n) is 11.7. The number of carboxylic acids is 2. The van der Waals surface area contributed by atoms with Crippen LogP contribution in [-0.4, -0.2) is 84.4 Å². The molecule has 0 amide bonds. The minimum Gasteiger partial charge on any atom is -0.508 e. The number of aliphatic carboxylic acids is 2. The van der Waals surface area contributed by atoms with Crippen molar-refractivity contribution in [3.8, 4) is 5.75 Å². The van der Waals surface area contributed by atoms with Gasteiger partial charge in [0.15, 0.2) is 12.2 Å². The number of rotatable bonds is 7. The van der Waals surface area contributed by atoms with E-state index in [0.717, 1.165) is 43.8 Å². The van der Waals surface area contributed by atoms with Crippen LogP contribution in [0.15, 0.2) is 30.9 Å². The second-order valence-corrected chi connectivity index (χ2v) is 9.89. The van der Waals surface area contributed by atoms with Gasteiger partial charge in [-0.15, -0.1) is 6.58 Å². The first-order chi connectivity index (χ1) is 15.9. The number of piperidine rings is 1. The number of aliphatic hydroxyl groups is 3. The molecule has 0 spiro atoms. The summed E-state index contributed by atoms with van der Waals surface area (Å²) in [4.78, 5) is 22.1. The molecular formula is C25H35NO8. The lowest BCUT2D eigenvalue weighted by Gasteiger charge is -2.61. The summed E-state index contributed by atoms with van der Waals surface area (Å²) in [6, 6.07) is 5.87. The van der Waals surface area contributed by atoms with E-state index >= 15 is 0 Å². The van der Waals surface area contributed by atoms with Gasteiger partial charge in [-0.2, -0.15) is 0 Å². The molecule has 9 nitrogen and oxygen atoms in total. The van der Waals surface area contributed by atoms with E-state index in [4.69, 9.17) is 20.4 Å². The van der Waals surface area contributed by atoms with Gasteiger partial charge in [-0.25, -0.2) is 9.59 Å². The number of phenolic OH excluding ortho intramolecular Hbond substituents is 1. The maximum atomic E-state index is 11.7. The Balaban J connectivity index is 0.000000277. The number of phenols is 1. The van der Waals surface area contributed by atoms with Crippen molar-refractivity contribution in [2.24, 2.45) is 5.92 Å². The number of benzene rings is 1. The number of fused-ring (bicyclic) bond motifs is 4. The van der Waals surface area contributed by atoms with Crippen LogP contribution in [0.1, 0.15) is 50.2 Å². The molecular weight excluding hydrogens is 442 g/mol. The Labute approximate surface area is 199 Å². The van der Waals surface area contributed by atoms with E-state index in [0.29, 0.717) is 5.75 Å². The second kappa shape index (κ2) is 10.0. The molecule has 2 aliphatic carbocycles. The number of nitrogens with zero attached hydrogens (tertiary/aromatic N) is 1. The normalized spacial score (nSPS) is 30.1. The van der Waals surface area contributed by atoms with Crippen LogP contribution in [0.4, 0.5) is 0 Å². The predicted molar refractivity (Wildman–Crippen MR) is 124 cm³/mol. The number of hydrogen-bond donors (Lipinski definition) is 6. The molecule has 2 bridgehead atoms.